The van der Waals surface area contributed by atoms with Crippen LogP contribution in [0, 0.1) is 5.82 Å². The Kier molecular flexibility index (Phi) is 7.04. The number of hydrogen-bond acceptors (Lipinski definition) is 5. The van der Waals surface area contributed by atoms with Crippen molar-refractivity contribution >= 4 is 23.2 Å². The molecule has 2 heterocycles. The number of benzene rings is 2. The van der Waals surface area contributed by atoms with Crippen molar-refractivity contribution in [2.24, 2.45) is 0 Å². The maximum Gasteiger partial charge on any atom is 0.254 e. The zero-order valence-corrected chi connectivity index (χ0v) is 18.7. The van der Waals surface area contributed by atoms with Crippen molar-refractivity contribution in [3.05, 3.63) is 94.5 Å². The average Bonchev–Trinajstić information content (AvgIpc) is 3.50. The largest absolute Gasteiger partial charge is 0.454 e. The topological polar surface area (TPSA) is 59.1 Å². The molecule has 0 saturated heterocycles. The standard InChI is InChI=1S/C25H23FN2O4S/c1-2-11-27(25(30)19-6-8-20(26)9-7-19)16-24(29)28(15-21-4-3-12-33-21)14-18-5-10-22-23(13-18)32-17-31-22/h2-10,12-13H,1,11,14-17H2. The highest BCUT2D eigenvalue weighted by atomic mass is 32.1. The molecule has 2 amide bonds. The average molecular weight is 467 g/mol. The summed E-state index contributed by atoms with van der Waals surface area (Å²) in [6.45, 7) is 4.71. The van der Waals surface area contributed by atoms with E-state index in [0.29, 0.717) is 30.2 Å². The fourth-order valence-corrected chi connectivity index (χ4v) is 4.22. The molecule has 1 aliphatic heterocycles. The number of halogens is 1. The molecule has 0 fully saturated rings. The Morgan fingerprint density at radius 1 is 1.03 bits per heavy atom. The van der Waals surface area contributed by atoms with Crippen molar-refractivity contribution in [3.63, 3.8) is 0 Å². The van der Waals surface area contributed by atoms with E-state index in [0.717, 1.165) is 10.4 Å². The van der Waals surface area contributed by atoms with Crippen LogP contribution in [-0.4, -0.2) is 41.5 Å². The third kappa shape index (κ3) is 5.59. The maximum atomic E-state index is 13.4. The lowest BCUT2D eigenvalue weighted by Crippen LogP contribution is -2.42. The van der Waals surface area contributed by atoms with E-state index in [1.165, 1.54) is 29.2 Å². The van der Waals surface area contributed by atoms with E-state index < -0.39 is 5.82 Å². The minimum atomic E-state index is -0.427. The maximum absolute atomic E-state index is 13.4. The van der Waals surface area contributed by atoms with Crippen molar-refractivity contribution in [1.82, 2.24) is 9.80 Å². The van der Waals surface area contributed by atoms with Crippen LogP contribution in [0.15, 0.2) is 72.6 Å². The highest BCUT2D eigenvalue weighted by Crippen LogP contribution is 2.33. The molecule has 3 aromatic rings. The minimum Gasteiger partial charge on any atom is -0.454 e. The number of fused-ring (bicyclic) bond motifs is 1. The Bertz CT molecular complexity index is 1130. The quantitative estimate of drug-likeness (QED) is 0.437. The molecule has 1 aromatic heterocycles. The van der Waals surface area contributed by atoms with Crippen LogP contribution in [0.5, 0.6) is 11.5 Å². The number of ether oxygens (including phenoxy) is 2. The lowest BCUT2D eigenvalue weighted by molar-refractivity contribution is -0.133. The van der Waals surface area contributed by atoms with Crippen LogP contribution in [0.25, 0.3) is 0 Å². The lowest BCUT2D eigenvalue weighted by Gasteiger charge is -2.27. The summed E-state index contributed by atoms with van der Waals surface area (Å²) in [6.07, 6.45) is 1.57. The van der Waals surface area contributed by atoms with Crippen LogP contribution in [0.3, 0.4) is 0 Å². The first kappa shape index (κ1) is 22.5. The van der Waals surface area contributed by atoms with Crippen molar-refractivity contribution < 1.29 is 23.5 Å². The lowest BCUT2D eigenvalue weighted by atomic mass is 10.1. The van der Waals surface area contributed by atoms with Gasteiger partial charge in [-0.05, 0) is 53.4 Å². The van der Waals surface area contributed by atoms with Gasteiger partial charge >= 0.3 is 0 Å². The fraction of sp³-hybridized carbons (Fsp3) is 0.200. The predicted octanol–water partition coefficient (Wildman–Crippen LogP) is 4.47. The van der Waals surface area contributed by atoms with E-state index in [4.69, 9.17) is 9.47 Å². The molecule has 8 heteroatoms. The molecule has 1 aliphatic rings. The van der Waals surface area contributed by atoms with Crippen LogP contribution >= 0.6 is 11.3 Å². The molecule has 0 bridgehead atoms. The van der Waals surface area contributed by atoms with Gasteiger partial charge in [0.2, 0.25) is 12.7 Å². The van der Waals surface area contributed by atoms with Gasteiger partial charge in [-0.15, -0.1) is 17.9 Å². The Balaban J connectivity index is 1.53. The molecule has 0 aliphatic carbocycles. The second-order valence-electron chi connectivity index (χ2n) is 7.50. The molecule has 0 saturated carbocycles. The molecule has 0 spiro atoms. The van der Waals surface area contributed by atoms with Crippen molar-refractivity contribution in [2.75, 3.05) is 19.9 Å². The third-order valence-electron chi connectivity index (χ3n) is 5.14. The zero-order chi connectivity index (χ0) is 23.2. The molecule has 0 atom stereocenters. The first-order chi connectivity index (χ1) is 16.0. The van der Waals surface area contributed by atoms with Crippen LogP contribution in [-0.2, 0) is 17.9 Å². The number of carbonyl (C=O) groups is 2. The van der Waals surface area contributed by atoms with E-state index >= 15 is 0 Å². The highest BCUT2D eigenvalue weighted by Gasteiger charge is 2.23. The van der Waals surface area contributed by atoms with Gasteiger partial charge in [-0.3, -0.25) is 9.59 Å². The molecule has 4 rings (SSSR count). The van der Waals surface area contributed by atoms with Crippen molar-refractivity contribution in [3.8, 4) is 11.5 Å². The molecule has 33 heavy (non-hydrogen) atoms. The van der Waals surface area contributed by atoms with Crippen LogP contribution in [0.4, 0.5) is 4.39 Å². The third-order valence-corrected chi connectivity index (χ3v) is 6.01. The van der Waals surface area contributed by atoms with Gasteiger partial charge in [0, 0.05) is 23.5 Å². The van der Waals surface area contributed by atoms with Gasteiger partial charge in [0.15, 0.2) is 11.5 Å². The number of thiophene rings is 1. The van der Waals surface area contributed by atoms with Crippen LogP contribution < -0.4 is 9.47 Å². The Morgan fingerprint density at radius 2 is 1.82 bits per heavy atom. The van der Waals surface area contributed by atoms with E-state index in [1.807, 2.05) is 35.7 Å². The first-order valence-electron chi connectivity index (χ1n) is 10.4. The number of rotatable bonds is 9. The molecule has 0 N–H and O–H groups in total. The second kappa shape index (κ2) is 10.3. The molecule has 170 valence electrons. The van der Waals surface area contributed by atoms with Gasteiger partial charge in [-0.25, -0.2) is 4.39 Å². The van der Waals surface area contributed by atoms with Gasteiger partial charge in [0.25, 0.3) is 5.91 Å². The zero-order valence-electron chi connectivity index (χ0n) is 17.9. The van der Waals surface area contributed by atoms with Gasteiger partial charge < -0.3 is 19.3 Å². The number of hydrogen-bond donors (Lipinski definition) is 0. The molecular weight excluding hydrogens is 443 g/mol. The first-order valence-corrected chi connectivity index (χ1v) is 11.3. The molecule has 6 nitrogen and oxygen atoms in total. The van der Waals surface area contributed by atoms with Crippen LogP contribution in [0.1, 0.15) is 20.8 Å². The minimum absolute atomic E-state index is 0.127. The van der Waals surface area contributed by atoms with Gasteiger partial charge in [-0.1, -0.05) is 18.2 Å². The Labute approximate surface area is 195 Å². The fourth-order valence-electron chi connectivity index (χ4n) is 3.50. The Hall–Kier alpha value is -3.65. The molecule has 0 unspecified atom stereocenters. The summed E-state index contributed by atoms with van der Waals surface area (Å²) in [4.78, 5) is 30.5. The number of amides is 2. The summed E-state index contributed by atoms with van der Waals surface area (Å²) >= 11 is 1.56. The monoisotopic (exact) mass is 466 g/mol. The highest BCUT2D eigenvalue weighted by molar-refractivity contribution is 7.09. The van der Waals surface area contributed by atoms with E-state index in [1.54, 1.807) is 22.3 Å². The summed E-state index contributed by atoms with van der Waals surface area (Å²) in [5, 5.41) is 1.96. The van der Waals surface area contributed by atoms with Gasteiger partial charge in [-0.2, -0.15) is 0 Å². The smallest absolute Gasteiger partial charge is 0.254 e. The SMILES string of the molecule is C=CCN(CC(=O)N(Cc1ccc2c(c1)OCO2)Cc1cccs1)C(=O)c1ccc(F)cc1. The Morgan fingerprint density at radius 3 is 2.55 bits per heavy atom. The van der Waals surface area contributed by atoms with E-state index in [9.17, 15) is 14.0 Å². The summed E-state index contributed by atoms with van der Waals surface area (Å²) in [5.74, 6) is 0.331. The predicted molar refractivity (Wildman–Crippen MR) is 124 cm³/mol. The van der Waals surface area contributed by atoms with Gasteiger partial charge in [0.05, 0.1) is 6.54 Å². The number of nitrogens with zero attached hydrogens (tertiary/aromatic N) is 2. The molecular formula is C25H23FN2O4S. The molecule has 2 aromatic carbocycles. The van der Waals surface area contributed by atoms with Crippen molar-refractivity contribution in [2.45, 2.75) is 13.1 Å². The summed E-state index contributed by atoms with van der Waals surface area (Å²) in [7, 11) is 0. The summed E-state index contributed by atoms with van der Waals surface area (Å²) < 4.78 is 24.1. The van der Waals surface area contributed by atoms with Gasteiger partial charge in [0.1, 0.15) is 12.4 Å². The summed E-state index contributed by atoms with van der Waals surface area (Å²) in [6, 6.07) is 14.8. The number of carbonyl (C=O) groups excluding carboxylic acids is 2. The summed E-state index contributed by atoms with van der Waals surface area (Å²) in [5.41, 5.74) is 1.20. The van der Waals surface area contributed by atoms with Crippen LogP contribution in [0.2, 0.25) is 0 Å². The molecule has 0 radical (unpaired) electrons. The van der Waals surface area contributed by atoms with E-state index in [-0.39, 0.29) is 31.7 Å². The second-order valence-corrected chi connectivity index (χ2v) is 8.53. The van der Waals surface area contributed by atoms with E-state index in [2.05, 4.69) is 6.58 Å². The van der Waals surface area contributed by atoms with Crippen molar-refractivity contribution in [1.29, 1.82) is 0 Å². The normalized spacial score (nSPS) is 11.8.